The molecule has 0 bridgehead atoms. The summed E-state index contributed by atoms with van der Waals surface area (Å²) in [5.74, 6) is 0.698. The van der Waals surface area contributed by atoms with Crippen molar-refractivity contribution in [2.24, 2.45) is 5.92 Å². The van der Waals surface area contributed by atoms with Crippen LogP contribution in [0.3, 0.4) is 0 Å². The fraction of sp³-hybridized carbons (Fsp3) is 0.300. The molecule has 1 heteroatoms. The van der Waals surface area contributed by atoms with Gasteiger partial charge in [-0.25, -0.2) is 0 Å². The molecule has 0 heterocycles. The number of fused-ring (bicyclic) bond motifs is 2. The summed E-state index contributed by atoms with van der Waals surface area (Å²) in [5, 5.41) is 0. The summed E-state index contributed by atoms with van der Waals surface area (Å²) >= 11 is 0. The smallest absolute Gasteiger partial charge is 0.0349 e. The number of anilines is 1. The number of rotatable bonds is 2. The van der Waals surface area contributed by atoms with Crippen LogP contribution in [0.5, 0.6) is 0 Å². The van der Waals surface area contributed by atoms with Gasteiger partial charge in [0.1, 0.15) is 0 Å². The van der Waals surface area contributed by atoms with Crippen LogP contribution < -0.4 is 5.73 Å². The molecule has 0 saturated carbocycles. The van der Waals surface area contributed by atoms with Crippen molar-refractivity contribution in [1.82, 2.24) is 0 Å². The molecule has 0 radical (unpaired) electrons. The van der Waals surface area contributed by atoms with Gasteiger partial charge in [-0.05, 0) is 78.0 Å². The van der Waals surface area contributed by atoms with Crippen LogP contribution in [-0.4, -0.2) is 0 Å². The minimum absolute atomic E-state index is 0.698. The third kappa shape index (κ3) is 2.08. The molecule has 0 amide bonds. The fourth-order valence-electron chi connectivity index (χ4n) is 4.00. The van der Waals surface area contributed by atoms with Crippen molar-refractivity contribution in [3.63, 3.8) is 0 Å². The van der Waals surface area contributed by atoms with Crippen LogP contribution in [0.25, 0.3) is 6.08 Å². The Balaban J connectivity index is 1.61. The lowest BCUT2D eigenvalue weighted by molar-refractivity contribution is 0.558. The van der Waals surface area contributed by atoms with E-state index in [1.165, 1.54) is 46.2 Å². The van der Waals surface area contributed by atoms with E-state index in [1.54, 1.807) is 0 Å². The fourth-order valence-corrected chi connectivity index (χ4v) is 4.00. The minimum atomic E-state index is 0.698. The highest BCUT2D eigenvalue weighted by atomic mass is 14.6. The van der Waals surface area contributed by atoms with Gasteiger partial charge in [0.15, 0.2) is 0 Å². The average Bonchev–Trinajstić information content (AvgIpc) is 3.10. The highest BCUT2D eigenvalue weighted by Crippen LogP contribution is 2.36. The Hall–Kier alpha value is -2.02. The molecule has 0 aromatic heterocycles. The molecule has 2 aromatic rings. The maximum absolute atomic E-state index is 6.18. The molecule has 0 fully saturated rings. The van der Waals surface area contributed by atoms with Gasteiger partial charge >= 0.3 is 0 Å². The summed E-state index contributed by atoms with van der Waals surface area (Å²) in [6, 6.07) is 11.0. The van der Waals surface area contributed by atoms with Crippen LogP contribution in [0.15, 0.2) is 36.4 Å². The van der Waals surface area contributed by atoms with E-state index in [4.69, 9.17) is 5.73 Å². The first-order valence-corrected chi connectivity index (χ1v) is 7.86. The molecule has 1 unspecified atom stereocenters. The number of benzene rings is 2. The molecule has 0 saturated heterocycles. The van der Waals surface area contributed by atoms with Crippen LogP contribution >= 0.6 is 0 Å². The first-order chi connectivity index (χ1) is 10.2. The Morgan fingerprint density at radius 1 is 1.10 bits per heavy atom. The van der Waals surface area contributed by atoms with Crippen LogP contribution in [0, 0.1) is 12.8 Å². The molecule has 4 rings (SSSR count). The first kappa shape index (κ1) is 12.7. The van der Waals surface area contributed by atoms with Gasteiger partial charge in [-0.2, -0.15) is 0 Å². The van der Waals surface area contributed by atoms with Gasteiger partial charge in [-0.3, -0.25) is 0 Å². The number of nitrogens with two attached hydrogens (primary N) is 1. The highest BCUT2D eigenvalue weighted by molar-refractivity contribution is 5.63. The zero-order valence-electron chi connectivity index (χ0n) is 12.5. The van der Waals surface area contributed by atoms with Crippen molar-refractivity contribution in [3.8, 4) is 0 Å². The molecule has 106 valence electrons. The zero-order chi connectivity index (χ0) is 14.4. The normalized spacial score (nSPS) is 18.8. The number of aryl methyl sites for hydroxylation is 1. The molecular formula is C20H21N. The number of hydrogen-bond donors (Lipinski definition) is 1. The molecule has 1 atom stereocenters. The number of nitrogen functional groups attached to an aromatic ring is 1. The van der Waals surface area contributed by atoms with E-state index in [0.717, 1.165) is 18.5 Å². The summed E-state index contributed by atoms with van der Waals surface area (Å²) in [6.07, 6.45) is 9.16. The van der Waals surface area contributed by atoms with Gasteiger partial charge in [0, 0.05) is 5.69 Å². The van der Waals surface area contributed by atoms with E-state index in [0.29, 0.717) is 5.92 Å². The topological polar surface area (TPSA) is 26.0 Å². The van der Waals surface area contributed by atoms with E-state index in [-0.39, 0.29) is 0 Å². The molecule has 21 heavy (non-hydrogen) atoms. The third-order valence-corrected chi connectivity index (χ3v) is 5.10. The van der Waals surface area contributed by atoms with E-state index < -0.39 is 0 Å². The summed E-state index contributed by atoms with van der Waals surface area (Å²) in [5.41, 5.74) is 15.9. The summed E-state index contributed by atoms with van der Waals surface area (Å²) < 4.78 is 0. The number of allylic oxidation sites excluding steroid dienone is 1. The SMILES string of the molecule is Cc1ccc(N)c2c1CC(Cc1cccc3c1C=CC3)C2. The molecule has 2 N–H and O–H groups in total. The summed E-state index contributed by atoms with van der Waals surface area (Å²) in [6.45, 7) is 2.21. The molecule has 0 spiro atoms. The third-order valence-electron chi connectivity index (χ3n) is 5.10. The predicted octanol–water partition coefficient (Wildman–Crippen LogP) is 4.10. The van der Waals surface area contributed by atoms with Crippen LogP contribution in [0.2, 0.25) is 0 Å². The largest absolute Gasteiger partial charge is 0.398 e. The minimum Gasteiger partial charge on any atom is -0.398 e. The van der Waals surface area contributed by atoms with E-state index >= 15 is 0 Å². The van der Waals surface area contributed by atoms with Gasteiger partial charge in [-0.1, -0.05) is 36.4 Å². The van der Waals surface area contributed by atoms with E-state index in [2.05, 4.69) is 49.4 Å². The van der Waals surface area contributed by atoms with Gasteiger partial charge in [-0.15, -0.1) is 0 Å². The Labute approximate surface area is 126 Å². The van der Waals surface area contributed by atoms with Crippen molar-refractivity contribution in [1.29, 1.82) is 0 Å². The van der Waals surface area contributed by atoms with Gasteiger partial charge in [0.05, 0.1) is 0 Å². The monoisotopic (exact) mass is 275 g/mol. The molecule has 0 aliphatic heterocycles. The lowest BCUT2D eigenvalue weighted by atomic mass is 9.92. The standard InChI is InChI=1S/C20H21N/c1-13-8-9-20(21)19-12-14(11-18(13)19)10-16-6-2-4-15-5-3-7-17(15)16/h2-4,6-9,14H,5,10-12,21H2,1H3. The zero-order valence-corrected chi connectivity index (χ0v) is 12.5. The Morgan fingerprint density at radius 2 is 1.95 bits per heavy atom. The molecular weight excluding hydrogens is 254 g/mol. The van der Waals surface area contributed by atoms with Crippen LogP contribution in [-0.2, 0) is 25.7 Å². The van der Waals surface area contributed by atoms with Crippen LogP contribution in [0.1, 0.15) is 33.4 Å². The van der Waals surface area contributed by atoms with Gasteiger partial charge in [0.2, 0.25) is 0 Å². The maximum atomic E-state index is 6.18. The second-order valence-electron chi connectivity index (χ2n) is 6.50. The van der Waals surface area contributed by atoms with Gasteiger partial charge < -0.3 is 5.73 Å². The Bertz CT molecular complexity index is 709. The van der Waals surface area contributed by atoms with Crippen molar-refractivity contribution in [3.05, 3.63) is 69.8 Å². The maximum Gasteiger partial charge on any atom is 0.0349 e. The summed E-state index contributed by atoms with van der Waals surface area (Å²) in [7, 11) is 0. The van der Waals surface area contributed by atoms with Crippen molar-refractivity contribution in [2.45, 2.75) is 32.6 Å². The summed E-state index contributed by atoms with van der Waals surface area (Å²) in [4.78, 5) is 0. The lowest BCUT2D eigenvalue weighted by Crippen LogP contribution is -2.06. The quantitative estimate of drug-likeness (QED) is 0.820. The van der Waals surface area contributed by atoms with Crippen molar-refractivity contribution >= 4 is 11.8 Å². The molecule has 2 aromatic carbocycles. The van der Waals surface area contributed by atoms with Crippen LogP contribution in [0.4, 0.5) is 5.69 Å². The second kappa shape index (κ2) is 4.77. The highest BCUT2D eigenvalue weighted by Gasteiger charge is 2.25. The number of hydrogen-bond acceptors (Lipinski definition) is 1. The van der Waals surface area contributed by atoms with Crippen molar-refractivity contribution in [2.75, 3.05) is 5.73 Å². The van der Waals surface area contributed by atoms with Gasteiger partial charge in [0.25, 0.3) is 0 Å². The molecule has 2 aliphatic rings. The predicted molar refractivity (Wildman–Crippen MR) is 89.4 cm³/mol. The second-order valence-corrected chi connectivity index (χ2v) is 6.50. The average molecular weight is 275 g/mol. The molecule has 1 nitrogen and oxygen atoms in total. The van der Waals surface area contributed by atoms with E-state index in [9.17, 15) is 0 Å². The lowest BCUT2D eigenvalue weighted by Gasteiger charge is -2.13. The Morgan fingerprint density at radius 3 is 2.81 bits per heavy atom. The first-order valence-electron chi connectivity index (χ1n) is 7.86. The van der Waals surface area contributed by atoms with E-state index in [1.807, 2.05) is 0 Å². The van der Waals surface area contributed by atoms with Crippen molar-refractivity contribution < 1.29 is 0 Å². The molecule has 2 aliphatic carbocycles. The Kier molecular flexibility index (Phi) is 2.88.